The maximum Gasteiger partial charge on any atom is 0.292 e. The molecule has 0 aliphatic heterocycles. The van der Waals surface area contributed by atoms with Crippen LogP contribution < -0.4 is 5.32 Å². The lowest BCUT2D eigenvalue weighted by Gasteiger charge is -2.02. The Balaban J connectivity index is 1.48. The molecule has 0 aliphatic rings. The zero-order chi connectivity index (χ0) is 18.1. The molecule has 7 nitrogen and oxygen atoms in total. The van der Waals surface area contributed by atoms with Crippen molar-refractivity contribution in [2.75, 3.05) is 0 Å². The second kappa shape index (κ2) is 6.36. The summed E-state index contributed by atoms with van der Waals surface area (Å²) in [4.78, 5) is 28.0. The molecule has 130 valence electrons. The number of aryl methyl sites for hydroxylation is 1. The van der Waals surface area contributed by atoms with Crippen LogP contribution >= 0.6 is 0 Å². The number of H-pyrrole nitrogens is 1. The summed E-state index contributed by atoms with van der Waals surface area (Å²) in [5.41, 5.74) is 2.36. The van der Waals surface area contributed by atoms with Crippen LogP contribution in [-0.2, 0) is 11.3 Å². The van der Waals surface area contributed by atoms with Crippen LogP contribution in [0.4, 0.5) is 0 Å². The first-order valence-corrected chi connectivity index (χ1v) is 8.03. The normalized spacial score (nSPS) is 11.0. The van der Waals surface area contributed by atoms with Crippen molar-refractivity contribution >= 4 is 22.6 Å². The number of carbonyl (C=O) groups excluding carboxylic acids is 2. The second-order valence-corrected chi connectivity index (χ2v) is 5.84. The average molecular weight is 349 g/mol. The third-order valence-corrected chi connectivity index (χ3v) is 4.08. The number of carbonyl (C=O) groups is 2. The second-order valence-electron chi connectivity index (χ2n) is 5.84. The molecule has 0 saturated carbocycles. The third kappa shape index (κ3) is 2.79. The van der Waals surface area contributed by atoms with Crippen LogP contribution in [0.15, 0.2) is 57.7 Å². The van der Waals surface area contributed by atoms with Gasteiger partial charge in [0.05, 0.1) is 18.4 Å². The maximum absolute atomic E-state index is 12.6. The minimum Gasteiger partial charge on any atom is -0.461 e. The van der Waals surface area contributed by atoms with Gasteiger partial charge in [0.25, 0.3) is 11.7 Å². The summed E-state index contributed by atoms with van der Waals surface area (Å²) in [6, 6.07) is 12.5. The van der Waals surface area contributed by atoms with Gasteiger partial charge in [0.2, 0.25) is 5.76 Å². The number of nitrogens with one attached hydrogen (secondary N) is 2. The van der Waals surface area contributed by atoms with E-state index in [2.05, 4.69) is 15.5 Å². The van der Waals surface area contributed by atoms with Gasteiger partial charge in [0.15, 0.2) is 5.76 Å². The van der Waals surface area contributed by atoms with Crippen LogP contribution in [0.5, 0.6) is 0 Å². The Kier molecular flexibility index (Phi) is 3.89. The summed E-state index contributed by atoms with van der Waals surface area (Å²) in [7, 11) is 0. The SMILES string of the molecule is Cc1[nH]c2ccccc2c1C(=O)C(=O)NCc1cc(-c2ccco2)on1. The summed E-state index contributed by atoms with van der Waals surface area (Å²) >= 11 is 0. The average Bonchev–Trinajstić information content (AvgIpc) is 3.37. The Morgan fingerprint density at radius 1 is 1.15 bits per heavy atom. The summed E-state index contributed by atoms with van der Waals surface area (Å²) in [5.74, 6) is -0.284. The highest BCUT2D eigenvalue weighted by molar-refractivity contribution is 6.45. The standard InChI is InChI=1S/C19H15N3O4/c1-11-17(13-5-2-3-6-14(13)21-11)18(23)19(24)20-10-12-9-16(26-22-12)15-7-4-8-25-15/h2-9,21H,10H2,1H3,(H,20,24). The van der Waals surface area contributed by atoms with Crippen molar-refractivity contribution in [3.05, 3.63) is 65.7 Å². The van der Waals surface area contributed by atoms with Crippen LogP contribution in [0.2, 0.25) is 0 Å². The third-order valence-electron chi connectivity index (χ3n) is 4.08. The fourth-order valence-electron chi connectivity index (χ4n) is 2.86. The first kappa shape index (κ1) is 15.9. The van der Waals surface area contributed by atoms with E-state index >= 15 is 0 Å². The van der Waals surface area contributed by atoms with E-state index in [4.69, 9.17) is 8.94 Å². The number of amides is 1. The first-order valence-electron chi connectivity index (χ1n) is 8.03. The topological polar surface area (TPSA) is 101 Å². The molecule has 0 bridgehead atoms. The highest BCUT2D eigenvalue weighted by atomic mass is 16.5. The molecule has 2 N–H and O–H groups in total. The molecule has 0 radical (unpaired) electrons. The zero-order valence-electron chi connectivity index (χ0n) is 13.9. The van der Waals surface area contributed by atoms with Crippen molar-refractivity contribution in [3.8, 4) is 11.5 Å². The smallest absolute Gasteiger partial charge is 0.292 e. The number of hydrogen-bond acceptors (Lipinski definition) is 5. The quantitative estimate of drug-likeness (QED) is 0.425. The lowest BCUT2D eigenvalue weighted by Crippen LogP contribution is -2.31. The predicted octanol–water partition coefficient (Wildman–Crippen LogP) is 3.22. The van der Waals surface area contributed by atoms with E-state index < -0.39 is 11.7 Å². The fraction of sp³-hybridized carbons (Fsp3) is 0.105. The Morgan fingerprint density at radius 2 is 2.00 bits per heavy atom. The van der Waals surface area contributed by atoms with Crippen LogP contribution in [0, 0.1) is 6.92 Å². The summed E-state index contributed by atoms with van der Waals surface area (Å²) < 4.78 is 10.4. The lowest BCUT2D eigenvalue weighted by molar-refractivity contribution is -0.117. The Morgan fingerprint density at radius 3 is 2.81 bits per heavy atom. The number of ketones is 1. The van der Waals surface area contributed by atoms with Gasteiger partial charge in [-0.1, -0.05) is 23.4 Å². The molecule has 1 aromatic carbocycles. The number of nitrogens with zero attached hydrogens (tertiary/aromatic N) is 1. The van der Waals surface area contributed by atoms with Gasteiger partial charge in [-0.25, -0.2) is 0 Å². The minimum atomic E-state index is -0.694. The van der Waals surface area contributed by atoms with Crippen molar-refractivity contribution < 1.29 is 18.5 Å². The molecule has 4 aromatic rings. The number of furan rings is 1. The predicted molar refractivity (Wildman–Crippen MR) is 93.4 cm³/mol. The number of aromatic nitrogens is 2. The van der Waals surface area contributed by atoms with Crippen LogP contribution in [0.25, 0.3) is 22.4 Å². The molecule has 4 rings (SSSR count). The number of para-hydroxylation sites is 1. The van der Waals surface area contributed by atoms with E-state index in [-0.39, 0.29) is 6.54 Å². The number of rotatable bonds is 5. The molecule has 0 atom stereocenters. The van der Waals surface area contributed by atoms with E-state index in [1.54, 1.807) is 25.1 Å². The largest absolute Gasteiger partial charge is 0.461 e. The van der Waals surface area contributed by atoms with Crippen molar-refractivity contribution in [1.82, 2.24) is 15.5 Å². The molecular weight excluding hydrogens is 334 g/mol. The number of hydrogen-bond donors (Lipinski definition) is 2. The minimum absolute atomic E-state index is 0.0795. The van der Waals surface area contributed by atoms with Gasteiger partial charge in [-0.15, -0.1) is 0 Å². The van der Waals surface area contributed by atoms with Gasteiger partial charge in [-0.05, 0) is 25.1 Å². The van der Waals surface area contributed by atoms with Crippen molar-refractivity contribution in [2.24, 2.45) is 0 Å². The highest BCUT2D eigenvalue weighted by Crippen LogP contribution is 2.23. The van der Waals surface area contributed by atoms with Gasteiger partial charge >= 0.3 is 0 Å². The first-order chi connectivity index (χ1) is 12.6. The summed E-state index contributed by atoms with van der Waals surface area (Å²) in [6.45, 7) is 1.85. The maximum atomic E-state index is 12.6. The van der Waals surface area contributed by atoms with E-state index in [1.807, 2.05) is 24.3 Å². The van der Waals surface area contributed by atoms with Crippen molar-refractivity contribution in [3.63, 3.8) is 0 Å². The van der Waals surface area contributed by atoms with Crippen molar-refractivity contribution in [2.45, 2.75) is 13.5 Å². The van der Waals surface area contributed by atoms with E-state index in [0.29, 0.717) is 28.5 Å². The molecule has 0 fully saturated rings. The Labute approximate surface area is 148 Å². The van der Waals surface area contributed by atoms with E-state index in [1.165, 1.54) is 6.26 Å². The lowest BCUT2D eigenvalue weighted by atomic mass is 10.1. The van der Waals surface area contributed by atoms with E-state index in [0.717, 1.165) is 10.9 Å². The molecule has 3 aromatic heterocycles. The van der Waals surface area contributed by atoms with E-state index in [9.17, 15) is 9.59 Å². The van der Waals surface area contributed by atoms with Crippen LogP contribution in [0.1, 0.15) is 21.7 Å². The van der Waals surface area contributed by atoms with Gasteiger partial charge in [0, 0.05) is 22.7 Å². The molecular formula is C19H15N3O4. The molecule has 0 saturated heterocycles. The number of fused-ring (bicyclic) bond motifs is 1. The summed E-state index contributed by atoms with van der Waals surface area (Å²) in [5, 5.41) is 7.18. The van der Waals surface area contributed by atoms with Crippen LogP contribution in [-0.4, -0.2) is 21.8 Å². The molecule has 0 aliphatic carbocycles. The Bertz CT molecular complexity index is 1090. The van der Waals surface area contributed by atoms with Gasteiger partial charge < -0.3 is 19.2 Å². The van der Waals surface area contributed by atoms with Gasteiger partial charge in [-0.2, -0.15) is 0 Å². The van der Waals surface area contributed by atoms with Crippen molar-refractivity contribution in [1.29, 1.82) is 0 Å². The fourth-order valence-corrected chi connectivity index (χ4v) is 2.86. The monoisotopic (exact) mass is 349 g/mol. The van der Waals surface area contributed by atoms with Crippen LogP contribution in [0.3, 0.4) is 0 Å². The molecule has 26 heavy (non-hydrogen) atoms. The molecule has 0 spiro atoms. The number of Topliss-reactive ketones (excluding diaryl/α,β-unsaturated/α-hetero) is 1. The highest BCUT2D eigenvalue weighted by Gasteiger charge is 2.22. The number of aromatic amines is 1. The molecule has 7 heteroatoms. The van der Waals surface area contributed by atoms with Gasteiger partial charge in [0.1, 0.15) is 5.69 Å². The summed E-state index contributed by atoms with van der Waals surface area (Å²) in [6.07, 6.45) is 1.53. The molecule has 3 heterocycles. The zero-order valence-corrected chi connectivity index (χ0v) is 13.9. The van der Waals surface area contributed by atoms with Gasteiger partial charge in [-0.3, -0.25) is 9.59 Å². The molecule has 0 unspecified atom stereocenters. The number of benzene rings is 1. The Hall–Kier alpha value is -3.61. The molecule has 1 amide bonds.